The van der Waals surface area contributed by atoms with E-state index in [1.165, 1.54) is 0 Å². The number of fused-ring (bicyclic) bond motifs is 1. The van der Waals surface area contributed by atoms with Crippen LogP contribution in [0.2, 0.25) is 5.02 Å². The average molecular weight is 457 g/mol. The topological polar surface area (TPSA) is 51.0 Å². The molecule has 0 atom stereocenters. The number of thiazole rings is 1. The molecule has 2 heterocycles. The van der Waals surface area contributed by atoms with E-state index in [2.05, 4.69) is 5.10 Å². The number of benzene rings is 2. The number of hydrogen-bond donors (Lipinski definition) is 0. The largest absolute Gasteiger partial charge is 0.286 e. The highest BCUT2D eigenvalue weighted by Crippen LogP contribution is 2.29. The molecule has 0 saturated carbocycles. The van der Waals surface area contributed by atoms with Gasteiger partial charge in [-0.15, -0.1) is 11.8 Å². The van der Waals surface area contributed by atoms with Crippen LogP contribution < -0.4 is 4.90 Å². The lowest BCUT2D eigenvalue weighted by molar-refractivity contribution is -0.118. The molecular weight excluding hydrogens is 436 g/mol. The number of carbonyl (C=O) groups excluding carboxylic acids is 1. The van der Waals surface area contributed by atoms with Crippen LogP contribution in [0.15, 0.2) is 71.9 Å². The molecule has 0 spiro atoms. The fourth-order valence-corrected chi connectivity index (χ4v) is 5.00. The van der Waals surface area contributed by atoms with Crippen molar-refractivity contribution in [3.8, 4) is 0 Å². The molecule has 0 unspecified atom stereocenters. The van der Waals surface area contributed by atoms with Crippen LogP contribution in [-0.4, -0.2) is 33.0 Å². The molecule has 2 aromatic heterocycles. The van der Waals surface area contributed by atoms with Crippen LogP contribution in [-0.2, 0) is 11.3 Å². The number of amides is 1. The first kappa shape index (κ1) is 20.9. The van der Waals surface area contributed by atoms with E-state index in [1.54, 1.807) is 34.2 Å². The Morgan fingerprint density at radius 1 is 1.13 bits per heavy atom. The lowest BCUT2D eigenvalue weighted by atomic mass is 10.3. The summed E-state index contributed by atoms with van der Waals surface area (Å²) in [6.45, 7) is 1.18. The Morgan fingerprint density at radius 2 is 1.97 bits per heavy atom. The van der Waals surface area contributed by atoms with Crippen LogP contribution in [0.5, 0.6) is 0 Å². The zero-order valence-corrected chi connectivity index (χ0v) is 18.7. The number of carbonyl (C=O) groups is 1. The van der Waals surface area contributed by atoms with Crippen molar-refractivity contribution >= 4 is 56.0 Å². The number of halogens is 1. The van der Waals surface area contributed by atoms with Crippen molar-refractivity contribution in [3.05, 3.63) is 72.0 Å². The van der Waals surface area contributed by atoms with Crippen molar-refractivity contribution in [1.82, 2.24) is 14.8 Å². The normalized spacial score (nSPS) is 11.1. The second-order valence-corrected chi connectivity index (χ2v) is 9.30. The summed E-state index contributed by atoms with van der Waals surface area (Å²) in [4.78, 5) is 20.7. The lowest BCUT2D eigenvalue weighted by Gasteiger charge is -2.20. The van der Waals surface area contributed by atoms with Gasteiger partial charge in [-0.25, -0.2) is 4.98 Å². The zero-order chi connectivity index (χ0) is 20.8. The van der Waals surface area contributed by atoms with Gasteiger partial charge < -0.3 is 0 Å². The first-order chi connectivity index (χ1) is 14.7. The third-order valence-electron chi connectivity index (χ3n) is 4.54. The molecule has 0 bridgehead atoms. The molecule has 30 heavy (non-hydrogen) atoms. The SMILES string of the molecule is O=C(CCCSc1ccc(Cl)cc1)N(CCn1cccn1)c1nc2ccccc2s1. The molecule has 154 valence electrons. The third kappa shape index (κ3) is 5.41. The number of nitrogens with zero attached hydrogens (tertiary/aromatic N) is 4. The molecular formula is C22H21ClN4OS2. The maximum atomic E-state index is 13.1. The number of anilines is 1. The minimum Gasteiger partial charge on any atom is -0.286 e. The molecule has 2 aromatic carbocycles. The molecule has 0 saturated heterocycles. The molecule has 5 nitrogen and oxygen atoms in total. The molecule has 0 radical (unpaired) electrons. The van der Waals surface area contributed by atoms with Gasteiger partial charge in [0, 0.05) is 35.3 Å². The zero-order valence-electron chi connectivity index (χ0n) is 16.3. The number of aromatic nitrogens is 3. The van der Waals surface area contributed by atoms with Gasteiger partial charge in [0.25, 0.3) is 0 Å². The molecule has 0 aliphatic carbocycles. The van der Waals surface area contributed by atoms with E-state index in [1.807, 2.05) is 65.5 Å². The van der Waals surface area contributed by atoms with Crippen molar-refractivity contribution in [2.45, 2.75) is 24.3 Å². The fraction of sp³-hybridized carbons (Fsp3) is 0.227. The fourth-order valence-electron chi connectivity index (χ4n) is 3.02. The maximum Gasteiger partial charge on any atom is 0.228 e. The van der Waals surface area contributed by atoms with Gasteiger partial charge in [0.05, 0.1) is 16.8 Å². The van der Waals surface area contributed by atoms with Crippen LogP contribution in [0.3, 0.4) is 0 Å². The van der Waals surface area contributed by atoms with Gasteiger partial charge in [0.15, 0.2) is 5.13 Å². The molecule has 0 aliphatic heterocycles. The highest BCUT2D eigenvalue weighted by Gasteiger charge is 2.19. The van der Waals surface area contributed by atoms with E-state index in [0.29, 0.717) is 19.5 Å². The molecule has 8 heteroatoms. The van der Waals surface area contributed by atoms with Crippen molar-refractivity contribution in [2.24, 2.45) is 0 Å². The van der Waals surface area contributed by atoms with E-state index in [9.17, 15) is 4.79 Å². The Kier molecular flexibility index (Phi) is 7.04. The third-order valence-corrected chi connectivity index (χ3v) is 6.95. The van der Waals surface area contributed by atoms with Gasteiger partial charge in [-0.2, -0.15) is 5.10 Å². The lowest BCUT2D eigenvalue weighted by Crippen LogP contribution is -2.34. The van der Waals surface area contributed by atoms with Gasteiger partial charge in [-0.05, 0) is 54.6 Å². The quantitative estimate of drug-likeness (QED) is 0.237. The summed E-state index contributed by atoms with van der Waals surface area (Å²) >= 11 is 9.23. The Bertz CT molecular complexity index is 1060. The number of para-hydroxylation sites is 1. The number of hydrogen-bond acceptors (Lipinski definition) is 5. The molecule has 0 fully saturated rings. The molecule has 4 aromatic rings. The highest BCUT2D eigenvalue weighted by molar-refractivity contribution is 7.99. The summed E-state index contributed by atoms with van der Waals surface area (Å²) in [7, 11) is 0. The Balaban J connectivity index is 1.40. The first-order valence-corrected chi connectivity index (χ1v) is 11.9. The molecule has 0 N–H and O–H groups in total. The van der Waals surface area contributed by atoms with E-state index in [-0.39, 0.29) is 5.91 Å². The Hall–Kier alpha value is -2.35. The van der Waals surface area contributed by atoms with Crippen LogP contribution in [0.25, 0.3) is 10.2 Å². The second-order valence-electron chi connectivity index (χ2n) is 6.68. The highest BCUT2D eigenvalue weighted by atomic mass is 35.5. The number of rotatable bonds is 9. The Labute approximate surface area is 188 Å². The van der Waals surface area contributed by atoms with Crippen LogP contribution in [0.1, 0.15) is 12.8 Å². The summed E-state index contributed by atoms with van der Waals surface area (Å²) in [5.74, 6) is 0.971. The molecule has 1 amide bonds. The van der Waals surface area contributed by atoms with Crippen molar-refractivity contribution in [1.29, 1.82) is 0 Å². The standard InChI is InChI=1S/C22H21ClN4OS2/c23-17-8-10-18(11-9-17)29-16-3-7-21(28)27(15-14-26-13-4-12-24-26)22-25-19-5-1-2-6-20(19)30-22/h1-2,4-6,8-13H,3,7,14-16H2. The van der Waals surface area contributed by atoms with Gasteiger partial charge in [0.1, 0.15) is 0 Å². The summed E-state index contributed by atoms with van der Waals surface area (Å²) in [5, 5.41) is 5.73. The predicted molar refractivity (Wildman–Crippen MR) is 126 cm³/mol. The van der Waals surface area contributed by atoms with Gasteiger partial charge >= 0.3 is 0 Å². The van der Waals surface area contributed by atoms with E-state index >= 15 is 0 Å². The van der Waals surface area contributed by atoms with Gasteiger partial charge in [-0.3, -0.25) is 14.4 Å². The predicted octanol–water partition coefficient (Wildman–Crippen LogP) is 5.75. The van der Waals surface area contributed by atoms with E-state index in [4.69, 9.17) is 16.6 Å². The summed E-state index contributed by atoms with van der Waals surface area (Å²) < 4.78 is 2.92. The summed E-state index contributed by atoms with van der Waals surface area (Å²) in [6.07, 6.45) is 4.94. The van der Waals surface area contributed by atoms with Gasteiger partial charge in [-0.1, -0.05) is 35.1 Å². The average Bonchev–Trinajstić information content (AvgIpc) is 3.42. The molecule has 4 rings (SSSR count). The van der Waals surface area contributed by atoms with E-state index in [0.717, 1.165) is 37.4 Å². The van der Waals surface area contributed by atoms with Crippen LogP contribution in [0, 0.1) is 0 Å². The summed E-state index contributed by atoms with van der Waals surface area (Å²) in [5.41, 5.74) is 0.924. The van der Waals surface area contributed by atoms with Gasteiger partial charge in [0.2, 0.25) is 5.91 Å². The first-order valence-electron chi connectivity index (χ1n) is 9.71. The maximum absolute atomic E-state index is 13.1. The molecule has 0 aliphatic rings. The van der Waals surface area contributed by atoms with Crippen LogP contribution in [0.4, 0.5) is 5.13 Å². The summed E-state index contributed by atoms with van der Waals surface area (Å²) in [6, 6.07) is 17.7. The minimum atomic E-state index is 0.0953. The second kappa shape index (κ2) is 10.1. The minimum absolute atomic E-state index is 0.0953. The Morgan fingerprint density at radius 3 is 2.73 bits per heavy atom. The van der Waals surface area contributed by atoms with Crippen LogP contribution >= 0.6 is 34.7 Å². The van der Waals surface area contributed by atoms with Crippen molar-refractivity contribution in [2.75, 3.05) is 17.2 Å². The monoisotopic (exact) mass is 456 g/mol. The van der Waals surface area contributed by atoms with Crippen molar-refractivity contribution in [3.63, 3.8) is 0 Å². The smallest absolute Gasteiger partial charge is 0.228 e. The van der Waals surface area contributed by atoms with E-state index < -0.39 is 0 Å². The van der Waals surface area contributed by atoms with Crippen molar-refractivity contribution < 1.29 is 4.79 Å². The number of thioether (sulfide) groups is 1.